The summed E-state index contributed by atoms with van der Waals surface area (Å²) in [5, 5.41) is 0.545. The van der Waals surface area contributed by atoms with Crippen molar-refractivity contribution in [1.82, 2.24) is 10.9 Å². The topological polar surface area (TPSA) is 67.4 Å². The highest BCUT2D eigenvalue weighted by molar-refractivity contribution is 6.30. The van der Waals surface area contributed by atoms with Crippen LogP contribution in [0.25, 0.3) is 0 Å². The number of ether oxygens (including phenoxy) is 1. The Morgan fingerprint density at radius 2 is 1.65 bits per heavy atom. The summed E-state index contributed by atoms with van der Waals surface area (Å²) in [6, 6.07) is 15.8. The van der Waals surface area contributed by atoms with Gasteiger partial charge in [-0.1, -0.05) is 29.8 Å². The van der Waals surface area contributed by atoms with Gasteiger partial charge in [0.15, 0.2) is 0 Å². The Morgan fingerprint density at radius 1 is 0.957 bits per heavy atom. The molecule has 120 valence electrons. The molecule has 0 aliphatic rings. The molecule has 0 spiro atoms. The molecule has 2 aromatic rings. The van der Waals surface area contributed by atoms with E-state index in [2.05, 4.69) is 10.9 Å². The van der Waals surface area contributed by atoms with Crippen LogP contribution in [0.5, 0.6) is 5.75 Å². The van der Waals surface area contributed by atoms with Crippen LogP contribution in [-0.2, 0) is 4.79 Å². The molecule has 5 nitrogen and oxygen atoms in total. The first-order valence-electron chi connectivity index (χ1n) is 7.18. The van der Waals surface area contributed by atoms with Gasteiger partial charge in [-0.2, -0.15) is 0 Å². The van der Waals surface area contributed by atoms with Crippen LogP contribution >= 0.6 is 11.6 Å². The first-order chi connectivity index (χ1) is 11.1. The minimum Gasteiger partial charge on any atom is -0.494 e. The van der Waals surface area contributed by atoms with Gasteiger partial charge in [0.25, 0.3) is 5.91 Å². The van der Waals surface area contributed by atoms with Crippen LogP contribution < -0.4 is 15.6 Å². The molecule has 0 bridgehead atoms. The molecule has 0 aliphatic heterocycles. The van der Waals surface area contributed by atoms with Crippen molar-refractivity contribution in [2.75, 3.05) is 6.61 Å². The minimum atomic E-state index is -0.393. The predicted octanol–water partition coefficient (Wildman–Crippen LogP) is 2.96. The van der Waals surface area contributed by atoms with E-state index in [1.165, 1.54) is 0 Å². The monoisotopic (exact) mass is 332 g/mol. The second-order valence-corrected chi connectivity index (χ2v) is 5.21. The summed E-state index contributed by atoms with van der Waals surface area (Å²) in [6.07, 6.45) is 0.811. The van der Waals surface area contributed by atoms with E-state index >= 15 is 0 Å². The molecule has 0 aliphatic carbocycles. The molecule has 0 fully saturated rings. The summed E-state index contributed by atoms with van der Waals surface area (Å²) in [6.45, 7) is 0.433. The largest absolute Gasteiger partial charge is 0.494 e. The van der Waals surface area contributed by atoms with E-state index in [-0.39, 0.29) is 12.3 Å². The molecule has 0 unspecified atom stereocenters. The Labute approximate surface area is 139 Å². The number of hydrazine groups is 1. The Hall–Kier alpha value is -2.53. The first-order valence-corrected chi connectivity index (χ1v) is 7.55. The van der Waals surface area contributed by atoms with Crippen LogP contribution in [-0.4, -0.2) is 18.4 Å². The fourth-order valence-corrected chi connectivity index (χ4v) is 1.93. The summed E-state index contributed by atoms with van der Waals surface area (Å²) < 4.78 is 5.48. The highest BCUT2D eigenvalue weighted by Gasteiger charge is 2.07. The zero-order valence-corrected chi connectivity index (χ0v) is 13.2. The Kier molecular flexibility index (Phi) is 6.44. The van der Waals surface area contributed by atoms with Gasteiger partial charge in [-0.3, -0.25) is 20.4 Å². The first kappa shape index (κ1) is 16.8. The number of rotatable bonds is 6. The summed E-state index contributed by atoms with van der Waals surface area (Å²) in [7, 11) is 0. The van der Waals surface area contributed by atoms with E-state index in [4.69, 9.17) is 16.3 Å². The molecule has 2 amide bonds. The van der Waals surface area contributed by atoms with Crippen LogP contribution in [0.3, 0.4) is 0 Å². The maximum Gasteiger partial charge on any atom is 0.269 e. The summed E-state index contributed by atoms with van der Waals surface area (Å²) in [4.78, 5) is 23.4. The number of hydrogen-bond donors (Lipinski definition) is 2. The predicted molar refractivity (Wildman–Crippen MR) is 88.2 cm³/mol. The second-order valence-electron chi connectivity index (χ2n) is 4.77. The van der Waals surface area contributed by atoms with Crippen molar-refractivity contribution in [3.05, 3.63) is 65.2 Å². The molecule has 0 atom stereocenters. The second kappa shape index (κ2) is 8.80. The molecule has 0 radical (unpaired) electrons. The molecular formula is C17H17ClN2O3. The van der Waals surface area contributed by atoms with Gasteiger partial charge in [-0.15, -0.1) is 0 Å². The average molecular weight is 333 g/mol. The Balaban J connectivity index is 1.63. The minimum absolute atomic E-state index is 0.258. The van der Waals surface area contributed by atoms with Crippen molar-refractivity contribution in [3.8, 4) is 5.75 Å². The molecular weight excluding hydrogens is 316 g/mol. The molecule has 0 heterocycles. The molecule has 0 saturated heterocycles. The van der Waals surface area contributed by atoms with Crippen LogP contribution in [0, 0.1) is 0 Å². The standard InChI is InChI=1S/C17H17ClN2O3/c18-14-10-8-13(9-11-14)17(22)20-19-16(21)7-4-12-23-15-5-2-1-3-6-15/h1-3,5-6,8-11H,4,7,12H2,(H,19,21)(H,20,22). The molecule has 6 heteroatoms. The van der Waals surface area contributed by atoms with Crippen LogP contribution in [0.1, 0.15) is 23.2 Å². The van der Waals surface area contributed by atoms with Crippen molar-refractivity contribution < 1.29 is 14.3 Å². The van der Waals surface area contributed by atoms with Crippen LogP contribution in [0.15, 0.2) is 54.6 Å². The molecule has 23 heavy (non-hydrogen) atoms. The van der Waals surface area contributed by atoms with Crippen LogP contribution in [0.4, 0.5) is 0 Å². The van der Waals surface area contributed by atoms with Crippen molar-refractivity contribution in [1.29, 1.82) is 0 Å². The van der Waals surface area contributed by atoms with Gasteiger partial charge in [0, 0.05) is 17.0 Å². The lowest BCUT2D eigenvalue weighted by Crippen LogP contribution is -2.41. The lowest BCUT2D eigenvalue weighted by atomic mass is 10.2. The Bertz CT molecular complexity index is 645. The number of benzene rings is 2. The number of para-hydroxylation sites is 1. The SMILES string of the molecule is O=C(CCCOc1ccccc1)NNC(=O)c1ccc(Cl)cc1. The normalized spacial score (nSPS) is 9.96. The van der Waals surface area contributed by atoms with Crippen molar-refractivity contribution in [2.24, 2.45) is 0 Å². The van der Waals surface area contributed by atoms with Gasteiger partial charge >= 0.3 is 0 Å². The molecule has 0 aromatic heterocycles. The van der Waals surface area contributed by atoms with Crippen molar-refractivity contribution in [3.63, 3.8) is 0 Å². The molecule has 2 rings (SSSR count). The smallest absolute Gasteiger partial charge is 0.269 e. The number of carbonyl (C=O) groups excluding carboxylic acids is 2. The maximum absolute atomic E-state index is 11.8. The van der Waals surface area contributed by atoms with Crippen LogP contribution in [0.2, 0.25) is 5.02 Å². The van der Waals surface area contributed by atoms with E-state index < -0.39 is 5.91 Å². The van der Waals surface area contributed by atoms with E-state index in [9.17, 15) is 9.59 Å². The quantitative estimate of drug-likeness (QED) is 0.631. The van der Waals surface area contributed by atoms with Crippen molar-refractivity contribution in [2.45, 2.75) is 12.8 Å². The molecule has 0 saturated carbocycles. The van der Waals surface area contributed by atoms with E-state index in [1.807, 2.05) is 30.3 Å². The average Bonchev–Trinajstić information content (AvgIpc) is 2.58. The van der Waals surface area contributed by atoms with Crippen molar-refractivity contribution >= 4 is 23.4 Å². The molecule has 2 N–H and O–H groups in total. The fourth-order valence-electron chi connectivity index (χ4n) is 1.80. The summed E-state index contributed by atoms with van der Waals surface area (Å²) in [5.74, 6) is 0.100. The van der Waals surface area contributed by atoms with Gasteiger partial charge in [0.2, 0.25) is 5.91 Å². The third-order valence-electron chi connectivity index (χ3n) is 2.98. The zero-order valence-electron chi connectivity index (χ0n) is 12.4. The zero-order chi connectivity index (χ0) is 16.5. The van der Waals surface area contributed by atoms with E-state index in [0.29, 0.717) is 23.6 Å². The third-order valence-corrected chi connectivity index (χ3v) is 3.23. The fraction of sp³-hybridized carbons (Fsp3) is 0.176. The van der Waals surface area contributed by atoms with Gasteiger partial charge in [0.1, 0.15) is 5.75 Å². The third kappa shape index (κ3) is 6.00. The number of carbonyl (C=O) groups is 2. The van der Waals surface area contributed by atoms with E-state index in [0.717, 1.165) is 5.75 Å². The van der Waals surface area contributed by atoms with Gasteiger partial charge in [-0.25, -0.2) is 0 Å². The summed E-state index contributed by atoms with van der Waals surface area (Å²) >= 11 is 5.75. The number of hydrogen-bond acceptors (Lipinski definition) is 3. The van der Waals surface area contributed by atoms with Gasteiger partial charge in [-0.05, 0) is 42.8 Å². The highest BCUT2D eigenvalue weighted by Crippen LogP contribution is 2.09. The number of amides is 2. The maximum atomic E-state index is 11.8. The van der Waals surface area contributed by atoms with Gasteiger partial charge in [0.05, 0.1) is 6.61 Å². The lowest BCUT2D eigenvalue weighted by molar-refractivity contribution is -0.122. The van der Waals surface area contributed by atoms with E-state index in [1.54, 1.807) is 24.3 Å². The highest BCUT2D eigenvalue weighted by atomic mass is 35.5. The lowest BCUT2D eigenvalue weighted by Gasteiger charge is -2.08. The van der Waals surface area contributed by atoms with Gasteiger partial charge < -0.3 is 4.74 Å². The Morgan fingerprint density at radius 3 is 2.35 bits per heavy atom. The number of halogens is 1. The summed E-state index contributed by atoms with van der Waals surface area (Å²) in [5.41, 5.74) is 5.14. The number of nitrogens with one attached hydrogen (secondary N) is 2. The molecule has 2 aromatic carbocycles.